The normalized spacial score (nSPS) is 20.5. The number of carbonyl (C=O) groups is 1. The molecule has 2 aliphatic heterocycles. The molecule has 1 amide bonds. The summed E-state index contributed by atoms with van der Waals surface area (Å²) in [6.07, 6.45) is 2.31. The maximum atomic E-state index is 13.8. The summed E-state index contributed by atoms with van der Waals surface area (Å²) in [6.45, 7) is 13.4. The van der Waals surface area contributed by atoms with Gasteiger partial charge in [-0.25, -0.2) is 8.42 Å². The molecule has 8 heteroatoms. The van der Waals surface area contributed by atoms with Crippen LogP contribution in [0, 0.1) is 20.8 Å². The van der Waals surface area contributed by atoms with E-state index in [9.17, 15) is 13.2 Å². The van der Waals surface area contributed by atoms with Gasteiger partial charge in [0.25, 0.3) is 0 Å². The third kappa shape index (κ3) is 5.66. The molecule has 1 aromatic carbocycles. The summed E-state index contributed by atoms with van der Waals surface area (Å²) in [7, 11) is -3.70. The van der Waals surface area contributed by atoms with Gasteiger partial charge in [-0.3, -0.25) is 9.69 Å². The molecule has 0 bridgehead atoms. The van der Waals surface area contributed by atoms with Gasteiger partial charge in [0.1, 0.15) is 0 Å². The Balaban J connectivity index is 1.84. The lowest BCUT2D eigenvalue weighted by molar-refractivity contribution is -0.131. The van der Waals surface area contributed by atoms with Gasteiger partial charge < -0.3 is 10.2 Å². The topological polar surface area (TPSA) is 73.0 Å². The molecule has 7 nitrogen and oxygen atoms in total. The van der Waals surface area contributed by atoms with E-state index in [0.29, 0.717) is 24.5 Å². The molecule has 1 N–H and O–H groups in total. The zero-order chi connectivity index (χ0) is 22.6. The minimum Gasteiger partial charge on any atom is -0.340 e. The average Bonchev–Trinajstić information content (AvgIpc) is 3.17. The summed E-state index contributed by atoms with van der Waals surface area (Å²) < 4.78 is 29.2. The quantitative estimate of drug-likeness (QED) is 0.655. The lowest BCUT2D eigenvalue weighted by atomic mass is 10.1. The number of aryl methyl sites for hydroxylation is 3. The molecule has 1 atom stereocenters. The number of carbonyl (C=O) groups excluding carboxylic acids is 1. The summed E-state index contributed by atoms with van der Waals surface area (Å²) in [5.74, 6) is 0.0396. The zero-order valence-corrected chi connectivity index (χ0v) is 20.3. The Bertz CT molecular complexity index is 858. The summed E-state index contributed by atoms with van der Waals surface area (Å²) >= 11 is 0. The Morgan fingerprint density at radius 3 is 2.39 bits per heavy atom. The van der Waals surface area contributed by atoms with E-state index < -0.39 is 10.0 Å². The van der Waals surface area contributed by atoms with E-state index in [-0.39, 0.29) is 24.9 Å². The number of piperazine rings is 1. The van der Waals surface area contributed by atoms with Crippen LogP contribution in [0.1, 0.15) is 42.9 Å². The molecule has 0 saturated carbocycles. The second-order valence-corrected chi connectivity index (χ2v) is 10.8. The minimum atomic E-state index is -3.70. The van der Waals surface area contributed by atoms with E-state index >= 15 is 0 Å². The number of nitrogens with one attached hydrogen (secondary N) is 1. The molecule has 2 fully saturated rings. The molecule has 0 aliphatic carbocycles. The van der Waals surface area contributed by atoms with Crippen LogP contribution in [-0.2, 0) is 14.8 Å². The molecule has 0 aromatic heterocycles. The SMILES string of the molecule is CCN1CCCC1CN(CCC(=O)N1CCNCC1)S(=O)(=O)c1c(C)cc(C)cc1C. The zero-order valence-electron chi connectivity index (χ0n) is 19.5. The van der Waals surface area contributed by atoms with Gasteiger partial charge in [-0.05, 0) is 57.8 Å². The van der Waals surface area contributed by atoms with Crippen molar-refractivity contribution >= 4 is 15.9 Å². The Kier molecular flexibility index (Phi) is 8.13. The predicted octanol–water partition coefficient (Wildman–Crippen LogP) is 1.91. The number of benzene rings is 1. The molecule has 0 radical (unpaired) electrons. The molecule has 1 unspecified atom stereocenters. The van der Waals surface area contributed by atoms with Crippen molar-refractivity contribution in [3.63, 3.8) is 0 Å². The summed E-state index contributed by atoms with van der Waals surface area (Å²) in [5.41, 5.74) is 2.60. The first-order chi connectivity index (χ1) is 14.7. The van der Waals surface area contributed by atoms with Crippen molar-refractivity contribution in [3.05, 3.63) is 28.8 Å². The minimum absolute atomic E-state index is 0.0396. The van der Waals surface area contributed by atoms with Gasteiger partial charge in [0, 0.05) is 51.7 Å². The van der Waals surface area contributed by atoms with Crippen molar-refractivity contribution in [3.8, 4) is 0 Å². The number of likely N-dealkylation sites (tertiary alicyclic amines) is 1. The summed E-state index contributed by atoms with van der Waals surface area (Å²) in [4.78, 5) is 17.4. The second kappa shape index (κ2) is 10.4. The number of rotatable bonds is 8. The van der Waals surface area contributed by atoms with Gasteiger partial charge >= 0.3 is 0 Å². The number of sulfonamides is 1. The fraction of sp³-hybridized carbons (Fsp3) is 0.696. The van der Waals surface area contributed by atoms with Crippen LogP contribution in [0.15, 0.2) is 17.0 Å². The molecule has 2 aliphatic rings. The van der Waals surface area contributed by atoms with Crippen LogP contribution in [0.3, 0.4) is 0 Å². The molecule has 3 rings (SSSR count). The molecule has 2 heterocycles. The predicted molar refractivity (Wildman–Crippen MR) is 124 cm³/mol. The van der Waals surface area contributed by atoms with E-state index in [1.54, 1.807) is 4.31 Å². The lowest BCUT2D eigenvalue weighted by Gasteiger charge is -2.32. The van der Waals surface area contributed by atoms with Crippen LogP contribution in [0.2, 0.25) is 0 Å². The van der Waals surface area contributed by atoms with Gasteiger partial charge in [0.2, 0.25) is 15.9 Å². The molecular formula is C23H38N4O3S. The Morgan fingerprint density at radius 2 is 1.77 bits per heavy atom. The molecule has 31 heavy (non-hydrogen) atoms. The molecule has 1 aromatic rings. The monoisotopic (exact) mass is 450 g/mol. The Hall–Kier alpha value is -1.48. The first-order valence-corrected chi connectivity index (χ1v) is 13.0. The number of amides is 1. The van der Waals surface area contributed by atoms with E-state index in [0.717, 1.165) is 55.7 Å². The third-order valence-corrected chi connectivity index (χ3v) is 8.74. The average molecular weight is 451 g/mol. The van der Waals surface area contributed by atoms with E-state index in [4.69, 9.17) is 0 Å². The highest BCUT2D eigenvalue weighted by molar-refractivity contribution is 7.89. The molecule has 2 saturated heterocycles. The van der Waals surface area contributed by atoms with Gasteiger partial charge in [-0.2, -0.15) is 4.31 Å². The number of nitrogens with zero attached hydrogens (tertiary/aromatic N) is 3. The van der Waals surface area contributed by atoms with Crippen LogP contribution < -0.4 is 5.32 Å². The van der Waals surface area contributed by atoms with Crippen LogP contribution in [0.4, 0.5) is 0 Å². The molecule has 0 spiro atoms. The maximum absolute atomic E-state index is 13.8. The number of hydrogen-bond acceptors (Lipinski definition) is 5. The highest BCUT2D eigenvalue weighted by atomic mass is 32.2. The van der Waals surface area contributed by atoms with E-state index in [2.05, 4.69) is 17.1 Å². The fourth-order valence-electron chi connectivity index (χ4n) is 5.06. The first kappa shape index (κ1) is 24.2. The maximum Gasteiger partial charge on any atom is 0.243 e. The largest absolute Gasteiger partial charge is 0.340 e. The third-order valence-electron chi connectivity index (χ3n) is 6.57. The summed E-state index contributed by atoms with van der Waals surface area (Å²) in [5, 5.41) is 3.25. The van der Waals surface area contributed by atoms with Crippen LogP contribution in [0.25, 0.3) is 0 Å². The van der Waals surface area contributed by atoms with Crippen molar-refractivity contribution in [1.29, 1.82) is 0 Å². The smallest absolute Gasteiger partial charge is 0.243 e. The molecule has 174 valence electrons. The second-order valence-electron chi connectivity index (χ2n) is 8.90. The summed E-state index contributed by atoms with van der Waals surface area (Å²) in [6, 6.07) is 4.07. The Labute approximate surface area is 187 Å². The van der Waals surface area contributed by atoms with Crippen molar-refractivity contribution in [2.24, 2.45) is 0 Å². The van der Waals surface area contributed by atoms with Crippen LogP contribution in [-0.4, -0.2) is 86.8 Å². The van der Waals surface area contributed by atoms with Crippen LogP contribution in [0.5, 0.6) is 0 Å². The lowest BCUT2D eigenvalue weighted by Crippen LogP contribution is -2.48. The number of hydrogen-bond donors (Lipinski definition) is 1. The highest BCUT2D eigenvalue weighted by Gasteiger charge is 2.33. The van der Waals surface area contributed by atoms with Crippen molar-refractivity contribution in [1.82, 2.24) is 19.4 Å². The van der Waals surface area contributed by atoms with Gasteiger partial charge in [-0.15, -0.1) is 0 Å². The standard InChI is InChI=1S/C23H38N4O3S/c1-5-25-11-6-7-21(25)17-27(12-8-22(28)26-13-9-24-10-14-26)31(29,30)23-19(3)15-18(2)16-20(23)4/h15-16,21,24H,5-14,17H2,1-4H3. The molecular weight excluding hydrogens is 412 g/mol. The number of likely N-dealkylation sites (N-methyl/N-ethyl adjacent to an activating group) is 1. The van der Waals surface area contributed by atoms with E-state index in [1.807, 2.05) is 37.8 Å². The van der Waals surface area contributed by atoms with Crippen molar-refractivity contribution in [2.75, 3.05) is 52.4 Å². The fourth-order valence-corrected chi connectivity index (χ4v) is 6.95. The van der Waals surface area contributed by atoms with Crippen molar-refractivity contribution in [2.45, 2.75) is 57.9 Å². The van der Waals surface area contributed by atoms with Gasteiger partial charge in [0.15, 0.2) is 0 Å². The highest BCUT2D eigenvalue weighted by Crippen LogP contribution is 2.27. The van der Waals surface area contributed by atoms with Gasteiger partial charge in [0.05, 0.1) is 4.90 Å². The van der Waals surface area contributed by atoms with Crippen molar-refractivity contribution < 1.29 is 13.2 Å². The first-order valence-electron chi connectivity index (χ1n) is 11.5. The Morgan fingerprint density at radius 1 is 1.13 bits per heavy atom. The van der Waals surface area contributed by atoms with E-state index in [1.165, 1.54) is 0 Å². The van der Waals surface area contributed by atoms with Crippen LogP contribution >= 0.6 is 0 Å². The van der Waals surface area contributed by atoms with Gasteiger partial charge in [-0.1, -0.05) is 24.6 Å².